The van der Waals surface area contributed by atoms with E-state index in [1.54, 1.807) is 0 Å². The van der Waals surface area contributed by atoms with E-state index in [1.165, 1.54) is 37.4 Å². The Morgan fingerprint density at radius 1 is 0.794 bits per heavy atom. The zero-order valence-corrected chi connectivity index (χ0v) is 48.2. The molecule has 0 amide bonds. The molecule has 0 heterocycles. The SMILES string of the molecule is O=S(=O)([O-])O.O=S(=O)=O.O=S(=O)=O.[CH2-]CS(=O)(=O)c1ccc(N=Nc2c(NCC(=O)[O-])ccc3c(O)c(N=Nc4cc(OC)[c-]cc4O)[c-]cc23)c(S(=O)(=O)[O-])c1.[Cu].[Na+].[Na+].[Na+].[Na+].[Na+]. The van der Waals surface area contributed by atoms with Crippen LogP contribution in [-0.2, 0) is 73.4 Å². The van der Waals surface area contributed by atoms with Crippen molar-refractivity contribution in [3.05, 3.63) is 67.6 Å². The first kappa shape index (κ1) is 74.1. The topological polar surface area (TPSA) is 422 Å². The first-order chi connectivity index (χ1) is 26.2. The van der Waals surface area contributed by atoms with Crippen molar-refractivity contribution in [1.29, 1.82) is 0 Å². The summed E-state index contributed by atoms with van der Waals surface area (Å²) in [4.78, 5) is 9.65. The van der Waals surface area contributed by atoms with E-state index in [-0.39, 0.29) is 210 Å². The van der Waals surface area contributed by atoms with Gasteiger partial charge in [0.05, 0.1) is 40.8 Å². The van der Waals surface area contributed by atoms with E-state index in [0.29, 0.717) is 6.07 Å². The molecule has 0 aromatic heterocycles. The van der Waals surface area contributed by atoms with E-state index in [2.05, 4.69) is 44.8 Å². The molecule has 4 rings (SSSR count). The molecule has 0 spiro atoms. The molecule has 321 valence electrons. The van der Waals surface area contributed by atoms with Gasteiger partial charge in [0.1, 0.15) is 15.8 Å². The summed E-state index contributed by atoms with van der Waals surface area (Å²) in [5.74, 6) is -2.53. The van der Waals surface area contributed by atoms with Crippen LogP contribution in [0.5, 0.6) is 17.2 Å². The zero-order valence-electron chi connectivity index (χ0n) is 33.2. The summed E-state index contributed by atoms with van der Waals surface area (Å²) in [5.41, 5.74) is -0.747. The van der Waals surface area contributed by atoms with Gasteiger partial charge >= 0.3 is 169 Å². The summed E-state index contributed by atoms with van der Waals surface area (Å²) in [6, 6.07) is 14.6. The Balaban J connectivity index is -0.000000377. The number of hydrogen-bond donors (Lipinski definition) is 4. The number of carbonyl (C=O) groups excluding carboxylic acids is 1. The third-order valence-electron chi connectivity index (χ3n) is 5.92. The van der Waals surface area contributed by atoms with Crippen LogP contribution in [0.3, 0.4) is 0 Å². The van der Waals surface area contributed by atoms with Crippen LogP contribution in [0.2, 0.25) is 0 Å². The number of fused-ring (bicyclic) bond motifs is 1. The quantitative estimate of drug-likeness (QED) is 0.0356. The van der Waals surface area contributed by atoms with Gasteiger partial charge in [-0.25, -0.2) is 25.3 Å². The molecule has 36 heteroatoms. The normalized spacial score (nSPS) is 10.2. The predicted octanol–water partition coefficient (Wildman–Crippen LogP) is -14.6. The van der Waals surface area contributed by atoms with Crippen molar-refractivity contribution in [2.45, 2.75) is 9.79 Å². The molecule has 0 aliphatic heterocycles. The van der Waals surface area contributed by atoms with Crippen LogP contribution in [0, 0.1) is 19.1 Å². The molecule has 0 aliphatic carbocycles. The van der Waals surface area contributed by atoms with Crippen LogP contribution in [0.15, 0.2) is 78.8 Å². The maximum absolute atomic E-state index is 12.2. The molecule has 4 N–H and O–H groups in total. The van der Waals surface area contributed by atoms with Gasteiger partial charge in [-0.15, -0.1) is 37.4 Å². The first-order valence-electron chi connectivity index (χ1n) is 13.8. The number of carbonyl (C=O) groups is 1. The number of rotatable bonds is 11. The molecule has 25 nitrogen and oxygen atoms in total. The summed E-state index contributed by atoms with van der Waals surface area (Å²) in [6.45, 7) is 2.61. The Morgan fingerprint density at radius 2 is 1.30 bits per heavy atom. The van der Waals surface area contributed by atoms with Gasteiger partial charge in [-0.2, -0.15) is 32.6 Å². The van der Waals surface area contributed by atoms with Crippen molar-refractivity contribution in [2.75, 3.05) is 24.7 Å². The number of phenolic OH excluding ortho intramolecular Hbond substituents is 2. The third-order valence-corrected chi connectivity index (χ3v) is 8.29. The van der Waals surface area contributed by atoms with Gasteiger partial charge in [-0.05, 0) is 24.3 Å². The molecule has 1 radical (unpaired) electrons. The molecule has 63 heavy (non-hydrogen) atoms. The number of ether oxygens (including phenoxy) is 1. The molecule has 0 bridgehead atoms. The molecule has 0 fully saturated rings. The number of carboxylic acid groups (broad SMARTS) is 1. The van der Waals surface area contributed by atoms with Gasteiger partial charge < -0.3 is 46.2 Å². The number of aliphatic carboxylic acids is 1. The van der Waals surface area contributed by atoms with Crippen LogP contribution >= 0.6 is 0 Å². The Hall–Kier alpha value is -0.501. The number of benzene rings is 4. The second-order valence-electron chi connectivity index (χ2n) is 9.54. The number of phenols is 2. The van der Waals surface area contributed by atoms with Gasteiger partial charge in [0.15, 0.2) is 9.84 Å². The van der Waals surface area contributed by atoms with Crippen LogP contribution < -0.4 is 163 Å². The molecule has 0 atom stereocenters. The number of anilines is 1. The summed E-state index contributed by atoms with van der Waals surface area (Å²) in [7, 11) is -19.0. The second-order valence-corrected chi connectivity index (χ2v) is 14.7. The summed E-state index contributed by atoms with van der Waals surface area (Å²) >= 11 is 0. The number of carboxylic acids is 1. The smallest absolute Gasteiger partial charge is 0.744 e. The average Bonchev–Trinajstić information content (AvgIpc) is 3.08. The number of nitrogens with zero attached hydrogens (tertiary/aromatic N) is 4. The van der Waals surface area contributed by atoms with E-state index in [9.17, 15) is 41.5 Å². The first-order valence-corrected chi connectivity index (χ1v) is 20.2. The summed E-state index contributed by atoms with van der Waals surface area (Å²) in [5, 5.41) is 50.5. The summed E-state index contributed by atoms with van der Waals surface area (Å²) < 4.78 is 149. The van der Waals surface area contributed by atoms with Gasteiger partial charge in [-0.1, -0.05) is 28.7 Å². The zero-order chi connectivity index (χ0) is 43.9. The molecule has 4 aromatic rings. The molecule has 4 aromatic carbocycles. The number of methoxy groups -OCH3 is 1. The standard InChI is InChI=1S/C27H22N5O10S2.Cu.5Na.H2O4S.2O3S/c1-3-43(37,38)16-5-8-19(24(13-16)44(39,40)41)29-32-26-17-6-10-21(30-31-22-12-15(42-2)4-11-23(22)33)27(36)18(17)7-9-20(26)28-14-25(34)35;;;;;;;1-5(2,3)4;2*1-4(2)3/h5-9,11-13,28,33,36H,1,3,14H2,2H3,(H,34,35)(H,39,40,41);;;;;;;(H2,1,2,3,4);;/q-3;;5*+1;;;/p-3. The molecule has 0 unspecified atom stereocenters. The molecular formula is C27H21CuN5Na5O20S5-. The number of aromatic hydroxyl groups is 2. The number of sulfone groups is 1. The van der Waals surface area contributed by atoms with Crippen LogP contribution in [0.25, 0.3) is 10.8 Å². The molecule has 0 aliphatic rings. The fourth-order valence-electron chi connectivity index (χ4n) is 3.74. The Morgan fingerprint density at radius 3 is 1.76 bits per heavy atom. The van der Waals surface area contributed by atoms with Crippen molar-refractivity contribution >= 4 is 96.8 Å². The van der Waals surface area contributed by atoms with Crippen LogP contribution in [-0.4, -0.2) is 99.8 Å². The van der Waals surface area contributed by atoms with Gasteiger partial charge in [0, 0.05) is 45.7 Å². The minimum Gasteiger partial charge on any atom is -0.744 e. The van der Waals surface area contributed by atoms with Crippen molar-refractivity contribution in [3.8, 4) is 17.2 Å². The van der Waals surface area contributed by atoms with Crippen LogP contribution in [0.1, 0.15) is 0 Å². The summed E-state index contributed by atoms with van der Waals surface area (Å²) in [6.07, 6.45) is 0. The van der Waals surface area contributed by atoms with E-state index in [0.717, 1.165) is 12.1 Å². The fourth-order valence-corrected chi connectivity index (χ4v) is 5.26. The van der Waals surface area contributed by atoms with E-state index < -0.39 is 91.1 Å². The van der Waals surface area contributed by atoms with Gasteiger partial charge in [0.2, 0.25) is 10.4 Å². The van der Waals surface area contributed by atoms with Crippen molar-refractivity contribution in [3.63, 3.8) is 0 Å². The minimum atomic E-state index is -5.24. The Labute approximate surface area is 483 Å². The van der Waals surface area contributed by atoms with Gasteiger partial charge in [0.25, 0.3) is 0 Å². The van der Waals surface area contributed by atoms with E-state index >= 15 is 0 Å². The molecule has 0 saturated carbocycles. The number of hydrogen-bond acceptors (Lipinski definition) is 24. The average molecular weight is 1070 g/mol. The Kier molecular flexibility index (Phi) is 40.8. The largest absolute Gasteiger partial charge is 1.00 e. The Bertz CT molecular complexity index is 2740. The molecular weight excluding hydrogens is 1050 g/mol. The van der Waals surface area contributed by atoms with E-state index in [1.807, 2.05) is 0 Å². The monoisotopic (exact) mass is 1070 g/mol. The molecule has 0 saturated heterocycles. The number of nitrogens with one attached hydrogen (secondary N) is 1. The van der Waals surface area contributed by atoms with Gasteiger partial charge in [-0.3, -0.25) is 4.55 Å². The van der Waals surface area contributed by atoms with Crippen molar-refractivity contribution < 1.29 is 254 Å². The van der Waals surface area contributed by atoms with Crippen molar-refractivity contribution in [1.82, 2.24) is 0 Å². The van der Waals surface area contributed by atoms with Crippen LogP contribution in [0.4, 0.5) is 28.4 Å². The third kappa shape index (κ3) is 28.4. The predicted molar refractivity (Wildman–Crippen MR) is 183 cm³/mol. The second kappa shape index (κ2) is 34.7. The maximum atomic E-state index is 12.2. The van der Waals surface area contributed by atoms with Crippen molar-refractivity contribution in [2.24, 2.45) is 20.5 Å². The number of azo groups is 2. The fraction of sp³-hybridized carbons (Fsp3) is 0.111. The maximum Gasteiger partial charge on any atom is 1.00 e. The minimum absolute atomic E-state index is 0. The van der Waals surface area contributed by atoms with E-state index in [4.69, 9.17) is 47.5 Å².